The predicted octanol–water partition coefficient (Wildman–Crippen LogP) is 1.98. The van der Waals surface area contributed by atoms with Gasteiger partial charge in [0.1, 0.15) is 11.5 Å². The third kappa shape index (κ3) is 3.43. The lowest BCUT2D eigenvalue weighted by molar-refractivity contribution is 0.329. The molecule has 0 spiro atoms. The van der Waals surface area contributed by atoms with Crippen molar-refractivity contribution >= 4 is 21.2 Å². The summed E-state index contributed by atoms with van der Waals surface area (Å²) in [5, 5.41) is 6.19. The van der Waals surface area contributed by atoms with Crippen molar-refractivity contribution in [3.63, 3.8) is 0 Å². The molecular weight excluding hydrogens is 338 g/mol. The Morgan fingerprint density at radius 2 is 1.92 bits per heavy atom. The molecule has 2 aromatic rings. The topological polar surface area (TPSA) is 103 Å². The van der Waals surface area contributed by atoms with Crippen LogP contribution < -0.4 is 9.86 Å². The van der Waals surface area contributed by atoms with E-state index in [2.05, 4.69) is 41.1 Å². The van der Waals surface area contributed by atoms with Gasteiger partial charge in [-0.05, 0) is 51.0 Å². The van der Waals surface area contributed by atoms with E-state index in [9.17, 15) is 8.42 Å². The van der Waals surface area contributed by atoms with Crippen molar-refractivity contribution in [3.05, 3.63) is 23.3 Å². The zero-order chi connectivity index (χ0) is 18.5. The number of nitrogens with one attached hydrogen (secondary N) is 1. The summed E-state index contributed by atoms with van der Waals surface area (Å²) in [6.07, 6.45) is 0.900. The van der Waals surface area contributed by atoms with Gasteiger partial charge in [-0.1, -0.05) is 13.8 Å². The average molecular weight is 366 g/mol. The number of rotatable bonds is 4. The summed E-state index contributed by atoms with van der Waals surface area (Å²) in [6, 6.07) is 2.44. The van der Waals surface area contributed by atoms with Crippen LogP contribution in [0.25, 0.3) is 11.0 Å². The number of aryl methyl sites for hydroxylation is 3. The Morgan fingerprint density at radius 3 is 2.56 bits per heavy atom. The van der Waals surface area contributed by atoms with E-state index in [1.54, 1.807) is 0 Å². The van der Waals surface area contributed by atoms with E-state index >= 15 is 0 Å². The molecule has 3 unspecified atom stereocenters. The molecule has 138 valence electrons. The highest BCUT2D eigenvalue weighted by Gasteiger charge is 2.40. The fourth-order valence-corrected chi connectivity index (χ4v) is 4.72. The molecule has 25 heavy (non-hydrogen) atoms. The minimum Gasteiger partial charge on any atom is -0.326 e. The Morgan fingerprint density at radius 1 is 1.24 bits per heavy atom. The molecule has 8 heteroatoms. The monoisotopic (exact) mass is 365 g/mol. The molecule has 1 aliphatic rings. The Kier molecular flexibility index (Phi) is 4.63. The van der Waals surface area contributed by atoms with Gasteiger partial charge in [-0.3, -0.25) is 0 Å². The van der Waals surface area contributed by atoms with Crippen LogP contribution in [0.4, 0.5) is 0 Å². The van der Waals surface area contributed by atoms with Gasteiger partial charge < -0.3 is 4.57 Å². The smallest absolute Gasteiger partial charge is 0.274 e. The second kappa shape index (κ2) is 6.34. The van der Waals surface area contributed by atoms with Crippen molar-refractivity contribution in [1.29, 1.82) is 0 Å². The SMILES string of the molecule is Cc1nc(C)c2cc(C)n([C@@H]3CC(CNS(N)(=O)=O)C(C)C3C)c2n1. The van der Waals surface area contributed by atoms with Gasteiger partial charge >= 0.3 is 0 Å². The van der Waals surface area contributed by atoms with Crippen LogP contribution in [0, 0.1) is 38.5 Å². The van der Waals surface area contributed by atoms with Crippen molar-refractivity contribution < 1.29 is 8.42 Å². The van der Waals surface area contributed by atoms with Crippen molar-refractivity contribution in [2.75, 3.05) is 6.54 Å². The normalized spacial score (nSPS) is 27.3. The Bertz CT molecular complexity index is 905. The molecule has 0 amide bonds. The summed E-state index contributed by atoms with van der Waals surface area (Å²) >= 11 is 0. The Balaban J connectivity index is 1.97. The molecule has 3 N–H and O–H groups in total. The highest BCUT2D eigenvalue weighted by Crippen LogP contribution is 2.45. The van der Waals surface area contributed by atoms with Crippen LogP contribution in [-0.2, 0) is 10.2 Å². The maximum atomic E-state index is 11.2. The zero-order valence-corrected chi connectivity index (χ0v) is 16.3. The fraction of sp³-hybridized carbons (Fsp3) is 0.647. The van der Waals surface area contributed by atoms with Crippen LogP contribution >= 0.6 is 0 Å². The summed E-state index contributed by atoms with van der Waals surface area (Å²) in [6.45, 7) is 10.8. The van der Waals surface area contributed by atoms with Gasteiger partial charge in [0.15, 0.2) is 0 Å². The van der Waals surface area contributed by atoms with E-state index in [0.717, 1.165) is 29.0 Å². The maximum absolute atomic E-state index is 11.2. The highest BCUT2D eigenvalue weighted by atomic mass is 32.2. The first-order valence-corrected chi connectivity index (χ1v) is 10.2. The minimum atomic E-state index is -3.66. The number of hydrogen-bond acceptors (Lipinski definition) is 4. The first-order valence-electron chi connectivity index (χ1n) is 8.68. The predicted molar refractivity (Wildman–Crippen MR) is 98.3 cm³/mol. The molecule has 0 aromatic carbocycles. The molecule has 0 saturated heterocycles. The molecular formula is C17H27N5O2S. The zero-order valence-electron chi connectivity index (χ0n) is 15.4. The number of aromatic nitrogens is 3. The van der Waals surface area contributed by atoms with Crippen molar-refractivity contribution in [1.82, 2.24) is 19.3 Å². The molecule has 0 radical (unpaired) electrons. The third-order valence-corrected chi connectivity index (χ3v) is 6.36. The lowest BCUT2D eigenvalue weighted by atomic mass is 9.92. The van der Waals surface area contributed by atoms with Crippen LogP contribution in [-0.4, -0.2) is 29.5 Å². The first-order chi connectivity index (χ1) is 11.6. The van der Waals surface area contributed by atoms with Gasteiger partial charge in [0.25, 0.3) is 10.2 Å². The maximum Gasteiger partial charge on any atom is 0.274 e. The number of nitrogens with zero attached hydrogens (tertiary/aromatic N) is 3. The second-order valence-electron chi connectivity index (χ2n) is 7.42. The third-order valence-electron chi connectivity index (χ3n) is 5.79. The molecule has 3 rings (SSSR count). The first kappa shape index (κ1) is 18.3. The molecule has 0 aliphatic heterocycles. The summed E-state index contributed by atoms with van der Waals surface area (Å²) in [7, 11) is -3.66. The molecule has 1 aliphatic carbocycles. The molecule has 2 aromatic heterocycles. The van der Waals surface area contributed by atoms with Crippen molar-refractivity contribution in [3.8, 4) is 0 Å². The fourth-order valence-electron chi connectivity index (χ4n) is 4.27. The lowest BCUT2D eigenvalue weighted by Gasteiger charge is -2.22. The Hall–Kier alpha value is -1.51. The summed E-state index contributed by atoms with van der Waals surface area (Å²) in [5.41, 5.74) is 3.14. The van der Waals surface area contributed by atoms with E-state index < -0.39 is 10.2 Å². The van der Waals surface area contributed by atoms with E-state index in [1.807, 2.05) is 13.8 Å². The number of fused-ring (bicyclic) bond motifs is 1. The molecule has 0 bridgehead atoms. The van der Waals surface area contributed by atoms with Gasteiger partial charge in [-0.15, -0.1) is 0 Å². The van der Waals surface area contributed by atoms with Crippen LogP contribution in [0.1, 0.15) is 43.5 Å². The molecule has 1 fully saturated rings. The highest BCUT2D eigenvalue weighted by molar-refractivity contribution is 7.87. The summed E-state index contributed by atoms with van der Waals surface area (Å²) in [4.78, 5) is 9.17. The molecule has 2 heterocycles. The van der Waals surface area contributed by atoms with Gasteiger partial charge in [0.2, 0.25) is 0 Å². The van der Waals surface area contributed by atoms with Crippen LogP contribution in [0.15, 0.2) is 6.07 Å². The lowest BCUT2D eigenvalue weighted by Crippen LogP contribution is -2.35. The van der Waals surface area contributed by atoms with E-state index in [0.29, 0.717) is 18.4 Å². The quantitative estimate of drug-likeness (QED) is 0.864. The van der Waals surface area contributed by atoms with E-state index in [-0.39, 0.29) is 12.0 Å². The van der Waals surface area contributed by atoms with Gasteiger partial charge in [0, 0.05) is 23.7 Å². The molecule has 1 saturated carbocycles. The largest absolute Gasteiger partial charge is 0.326 e. The van der Waals surface area contributed by atoms with Crippen LogP contribution in [0.2, 0.25) is 0 Å². The average Bonchev–Trinajstić information content (AvgIpc) is 2.95. The van der Waals surface area contributed by atoms with Crippen molar-refractivity contribution in [2.45, 2.75) is 47.1 Å². The molecule has 7 nitrogen and oxygen atoms in total. The number of nitrogens with two attached hydrogens (primary N) is 1. The summed E-state index contributed by atoms with van der Waals surface area (Å²) < 4.78 is 27.2. The van der Waals surface area contributed by atoms with Crippen LogP contribution in [0.3, 0.4) is 0 Å². The van der Waals surface area contributed by atoms with Crippen molar-refractivity contribution in [2.24, 2.45) is 22.9 Å². The minimum absolute atomic E-state index is 0.249. The molecule has 4 atom stereocenters. The standard InChI is InChI=1S/C17H27N5O2S/c1-9-6-15-12(4)20-13(5)21-17(15)22(9)16-7-14(10(2)11(16)3)8-19-25(18,23)24/h6,10-11,14,16,19H,7-8H2,1-5H3,(H2,18,23,24)/t10?,11?,14?,16-/m1/s1. The van der Waals surface area contributed by atoms with Gasteiger partial charge in [-0.2, -0.15) is 8.42 Å². The van der Waals surface area contributed by atoms with Gasteiger partial charge in [0.05, 0.1) is 5.69 Å². The van der Waals surface area contributed by atoms with Crippen LogP contribution in [0.5, 0.6) is 0 Å². The van der Waals surface area contributed by atoms with E-state index in [4.69, 9.17) is 10.1 Å². The van der Waals surface area contributed by atoms with Gasteiger partial charge in [-0.25, -0.2) is 19.8 Å². The number of hydrogen-bond donors (Lipinski definition) is 2. The second-order valence-corrected chi connectivity index (χ2v) is 8.80. The summed E-state index contributed by atoms with van der Waals surface area (Å²) in [5.74, 6) is 1.83. The van der Waals surface area contributed by atoms with E-state index in [1.165, 1.54) is 5.69 Å². The Labute approximate surface area is 149 Å².